The number of thioether (sulfide) groups is 1. The lowest BCUT2D eigenvalue weighted by Crippen LogP contribution is -2.26. The third kappa shape index (κ3) is 4.38. The molecule has 0 spiro atoms. The molecule has 0 saturated carbocycles. The van der Waals surface area contributed by atoms with Crippen LogP contribution in [0.2, 0.25) is 0 Å². The number of nitrogens with zero attached hydrogens (tertiary/aromatic N) is 3. The SMILES string of the molecule is O=C(O)C[C@@H]1S/C(=N\N=C/c2cn(Cc3ccccc3)c3ccccc23)NC1=O. The zero-order valence-corrected chi connectivity index (χ0v) is 16.2. The zero-order valence-electron chi connectivity index (χ0n) is 15.4. The molecule has 0 radical (unpaired) electrons. The second kappa shape index (κ2) is 8.32. The predicted molar refractivity (Wildman–Crippen MR) is 114 cm³/mol. The molecule has 1 amide bonds. The molecule has 1 atom stereocenters. The number of amidine groups is 1. The van der Waals surface area contributed by atoms with Gasteiger partial charge in [0.05, 0.1) is 12.6 Å². The first-order chi connectivity index (χ1) is 14.1. The first kappa shape index (κ1) is 18.9. The minimum absolute atomic E-state index is 0.244. The molecule has 0 unspecified atom stereocenters. The molecule has 3 aromatic rings. The van der Waals surface area contributed by atoms with E-state index in [0.717, 1.165) is 34.8 Å². The van der Waals surface area contributed by atoms with E-state index in [1.165, 1.54) is 5.56 Å². The minimum atomic E-state index is -1.02. The fourth-order valence-corrected chi connectivity index (χ4v) is 4.09. The Hall–Kier alpha value is -3.39. The maximum absolute atomic E-state index is 11.8. The van der Waals surface area contributed by atoms with E-state index in [9.17, 15) is 9.59 Å². The van der Waals surface area contributed by atoms with Crippen LogP contribution in [0.1, 0.15) is 17.5 Å². The van der Waals surface area contributed by atoms with Gasteiger partial charge in [-0.2, -0.15) is 5.10 Å². The first-order valence-electron chi connectivity index (χ1n) is 9.02. The van der Waals surface area contributed by atoms with Gasteiger partial charge < -0.3 is 15.0 Å². The summed E-state index contributed by atoms with van der Waals surface area (Å²) in [4.78, 5) is 22.6. The van der Waals surface area contributed by atoms with E-state index in [-0.39, 0.29) is 12.3 Å². The van der Waals surface area contributed by atoms with Crippen molar-refractivity contribution in [1.82, 2.24) is 9.88 Å². The molecule has 7 nitrogen and oxygen atoms in total. The molecule has 4 rings (SSSR count). The number of hydrogen-bond acceptors (Lipinski definition) is 5. The van der Waals surface area contributed by atoms with Gasteiger partial charge in [0.15, 0.2) is 5.17 Å². The number of rotatable bonds is 6. The van der Waals surface area contributed by atoms with Crippen LogP contribution in [0.15, 0.2) is 71.0 Å². The molecular formula is C21H18N4O3S. The van der Waals surface area contributed by atoms with Crippen LogP contribution in [0.4, 0.5) is 0 Å². The highest BCUT2D eigenvalue weighted by molar-refractivity contribution is 8.15. The van der Waals surface area contributed by atoms with E-state index in [4.69, 9.17) is 5.11 Å². The van der Waals surface area contributed by atoms with Crippen molar-refractivity contribution in [2.75, 3.05) is 0 Å². The molecule has 8 heteroatoms. The summed E-state index contributed by atoms with van der Waals surface area (Å²) in [6, 6.07) is 18.3. The van der Waals surface area contributed by atoms with E-state index in [2.05, 4.69) is 38.3 Å². The molecule has 146 valence electrons. The summed E-state index contributed by atoms with van der Waals surface area (Å²) in [5.74, 6) is -1.38. The fraction of sp³-hybridized carbons (Fsp3) is 0.143. The molecule has 2 heterocycles. The van der Waals surface area contributed by atoms with Gasteiger partial charge in [0, 0.05) is 29.2 Å². The summed E-state index contributed by atoms with van der Waals surface area (Å²) in [6.45, 7) is 0.743. The van der Waals surface area contributed by atoms with Gasteiger partial charge in [-0.15, -0.1) is 5.10 Å². The number of hydrogen-bond donors (Lipinski definition) is 2. The monoisotopic (exact) mass is 406 g/mol. The quantitative estimate of drug-likeness (QED) is 0.486. The number of carbonyl (C=O) groups excluding carboxylic acids is 1. The number of amides is 1. The van der Waals surface area contributed by atoms with Crippen LogP contribution in [0, 0.1) is 0 Å². The van der Waals surface area contributed by atoms with Gasteiger partial charge >= 0.3 is 5.97 Å². The first-order valence-corrected chi connectivity index (χ1v) is 9.90. The van der Waals surface area contributed by atoms with Crippen molar-refractivity contribution in [2.45, 2.75) is 18.2 Å². The van der Waals surface area contributed by atoms with Gasteiger partial charge in [0.1, 0.15) is 5.25 Å². The van der Waals surface area contributed by atoms with Gasteiger partial charge in [-0.1, -0.05) is 60.3 Å². The van der Waals surface area contributed by atoms with Crippen LogP contribution in [-0.4, -0.2) is 38.2 Å². The third-order valence-electron chi connectivity index (χ3n) is 4.50. The highest BCUT2D eigenvalue weighted by Gasteiger charge is 2.32. The Kier molecular flexibility index (Phi) is 5.44. The average Bonchev–Trinajstić information content (AvgIpc) is 3.23. The van der Waals surface area contributed by atoms with Crippen molar-refractivity contribution in [1.29, 1.82) is 0 Å². The van der Waals surface area contributed by atoms with E-state index in [1.54, 1.807) is 6.21 Å². The number of fused-ring (bicyclic) bond motifs is 1. The van der Waals surface area contributed by atoms with E-state index in [0.29, 0.717) is 5.17 Å². The van der Waals surface area contributed by atoms with Crippen LogP contribution in [0.3, 0.4) is 0 Å². The number of carboxylic acids is 1. The van der Waals surface area contributed by atoms with Crippen LogP contribution in [0.5, 0.6) is 0 Å². The lowest BCUT2D eigenvalue weighted by Gasteiger charge is -2.05. The maximum Gasteiger partial charge on any atom is 0.305 e. The van der Waals surface area contributed by atoms with Crippen LogP contribution < -0.4 is 5.32 Å². The van der Waals surface area contributed by atoms with Gasteiger partial charge in [-0.05, 0) is 11.6 Å². The average molecular weight is 406 g/mol. The van der Waals surface area contributed by atoms with Crippen molar-refractivity contribution < 1.29 is 14.7 Å². The van der Waals surface area contributed by atoms with Crippen LogP contribution >= 0.6 is 11.8 Å². The summed E-state index contributed by atoms with van der Waals surface area (Å²) in [6.07, 6.45) is 3.43. The largest absolute Gasteiger partial charge is 0.481 e. The number of carboxylic acid groups (broad SMARTS) is 1. The number of benzene rings is 2. The Labute approximate surface area is 171 Å². The van der Waals surface area contributed by atoms with Crippen molar-refractivity contribution in [3.05, 3.63) is 71.9 Å². The lowest BCUT2D eigenvalue weighted by molar-refractivity contribution is -0.138. The molecule has 2 N–H and O–H groups in total. The lowest BCUT2D eigenvalue weighted by atomic mass is 10.2. The molecule has 1 saturated heterocycles. The highest BCUT2D eigenvalue weighted by atomic mass is 32.2. The zero-order chi connectivity index (χ0) is 20.2. The molecule has 0 aliphatic carbocycles. The van der Waals surface area contributed by atoms with Gasteiger partial charge in [0.25, 0.3) is 0 Å². The summed E-state index contributed by atoms with van der Waals surface area (Å²) in [5, 5.41) is 20.3. The van der Waals surface area contributed by atoms with E-state index >= 15 is 0 Å². The summed E-state index contributed by atoms with van der Waals surface area (Å²) >= 11 is 1.08. The molecular weight excluding hydrogens is 388 g/mol. The topological polar surface area (TPSA) is 96.0 Å². The predicted octanol–water partition coefficient (Wildman–Crippen LogP) is 3.09. The van der Waals surface area contributed by atoms with Gasteiger partial charge in [-0.25, -0.2) is 0 Å². The Bertz CT molecular complexity index is 1120. The van der Waals surface area contributed by atoms with Crippen molar-refractivity contribution in [3.63, 3.8) is 0 Å². The summed E-state index contributed by atoms with van der Waals surface area (Å²) in [5.41, 5.74) is 3.21. The Morgan fingerprint density at radius 1 is 1.17 bits per heavy atom. The number of para-hydroxylation sites is 1. The molecule has 1 aliphatic rings. The molecule has 29 heavy (non-hydrogen) atoms. The Morgan fingerprint density at radius 2 is 1.93 bits per heavy atom. The number of aromatic nitrogens is 1. The molecule has 1 aliphatic heterocycles. The fourth-order valence-electron chi connectivity index (χ4n) is 3.18. The molecule has 1 aromatic heterocycles. The van der Waals surface area contributed by atoms with Gasteiger partial charge in [-0.3, -0.25) is 9.59 Å². The number of carbonyl (C=O) groups is 2. The third-order valence-corrected chi connectivity index (χ3v) is 5.57. The molecule has 1 fully saturated rings. The summed E-state index contributed by atoms with van der Waals surface area (Å²) < 4.78 is 2.16. The van der Waals surface area contributed by atoms with E-state index in [1.807, 2.05) is 42.6 Å². The maximum atomic E-state index is 11.8. The normalized spacial score (nSPS) is 18.0. The number of nitrogens with one attached hydrogen (secondary N) is 1. The smallest absolute Gasteiger partial charge is 0.305 e. The number of aliphatic carboxylic acids is 1. The highest BCUT2D eigenvalue weighted by Crippen LogP contribution is 2.23. The standard InChI is InChI=1S/C21H18N4O3S/c26-19(27)10-18-20(28)23-21(29-18)24-22-11-15-13-25(12-14-6-2-1-3-7-14)17-9-5-4-8-16(15)17/h1-9,11,13,18H,10,12H2,(H,26,27)(H,23,24,28)/b22-11-/t18-/m0/s1. The minimum Gasteiger partial charge on any atom is -0.481 e. The van der Waals surface area contributed by atoms with Crippen molar-refractivity contribution in [2.24, 2.45) is 10.2 Å². The van der Waals surface area contributed by atoms with E-state index < -0.39 is 11.2 Å². The van der Waals surface area contributed by atoms with Crippen molar-refractivity contribution >= 4 is 45.9 Å². The van der Waals surface area contributed by atoms with Crippen LogP contribution in [-0.2, 0) is 16.1 Å². The van der Waals surface area contributed by atoms with Crippen LogP contribution in [0.25, 0.3) is 10.9 Å². The molecule has 2 aromatic carbocycles. The second-order valence-electron chi connectivity index (χ2n) is 6.56. The second-order valence-corrected chi connectivity index (χ2v) is 7.75. The van der Waals surface area contributed by atoms with Gasteiger partial charge in [0.2, 0.25) is 5.91 Å². The summed E-state index contributed by atoms with van der Waals surface area (Å²) in [7, 11) is 0. The van der Waals surface area contributed by atoms with Crippen molar-refractivity contribution in [3.8, 4) is 0 Å². The molecule has 0 bridgehead atoms. The Morgan fingerprint density at radius 3 is 2.72 bits per heavy atom. The Balaban J connectivity index is 1.55.